The summed E-state index contributed by atoms with van der Waals surface area (Å²) in [7, 11) is 0. The van der Waals surface area contributed by atoms with Gasteiger partial charge in [-0.1, -0.05) is 31.2 Å². The maximum absolute atomic E-state index is 14.2. The normalized spacial score (nSPS) is 10.4. The van der Waals surface area contributed by atoms with Gasteiger partial charge in [-0.05, 0) is 37.1 Å². The van der Waals surface area contributed by atoms with Gasteiger partial charge in [-0.2, -0.15) is 0 Å². The van der Waals surface area contributed by atoms with Gasteiger partial charge in [0, 0.05) is 6.54 Å². The first kappa shape index (κ1) is 15.0. The van der Waals surface area contributed by atoms with Crippen LogP contribution in [-0.2, 0) is 0 Å². The fourth-order valence-electron chi connectivity index (χ4n) is 2.25. The molecule has 21 heavy (non-hydrogen) atoms. The molecule has 0 saturated carbocycles. The van der Waals surface area contributed by atoms with Crippen molar-refractivity contribution in [3.8, 4) is 0 Å². The number of hydrogen-bond acceptors (Lipinski definition) is 2. The molecule has 0 saturated heterocycles. The predicted molar refractivity (Wildman–Crippen MR) is 84.0 cm³/mol. The molecular weight excluding hydrogens is 267 g/mol. The molecule has 0 aromatic heterocycles. The number of amides is 1. The SMILES string of the molecule is CCCN(C(=O)c1cccc(C)c1F)c1ccccc1N. The Labute approximate surface area is 124 Å². The number of anilines is 2. The molecule has 2 aromatic carbocycles. The van der Waals surface area contributed by atoms with E-state index in [2.05, 4.69) is 0 Å². The van der Waals surface area contributed by atoms with Crippen LogP contribution in [0.2, 0.25) is 0 Å². The molecule has 110 valence electrons. The number of nitrogens with zero attached hydrogens (tertiary/aromatic N) is 1. The van der Waals surface area contributed by atoms with Crippen LogP contribution in [0.5, 0.6) is 0 Å². The maximum atomic E-state index is 14.2. The summed E-state index contributed by atoms with van der Waals surface area (Å²) in [6, 6.07) is 12.0. The molecular formula is C17H19FN2O. The van der Waals surface area contributed by atoms with Crippen molar-refractivity contribution < 1.29 is 9.18 Å². The number of aryl methyl sites for hydroxylation is 1. The van der Waals surface area contributed by atoms with Crippen molar-refractivity contribution in [3.63, 3.8) is 0 Å². The van der Waals surface area contributed by atoms with E-state index >= 15 is 0 Å². The lowest BCUT2D eigenvalue weighted by molar-refractivity contribution is 0.0983. The van der Waals surface area contributed by atoms with Crippen LogP contribution in [0.1, 0.15) is 29.3 Å². The Hall–Kier alpha value is -2.36. The lowest BCUT2D eigenvalue weighted by atomic mass is 10.1. The van der Waals surface area contributed by atoms with Crippen LogP contribution in [0.25, 0.3) is 0 Å². The van der Waals surface area contributed by atoms with Crippen LogP contribution in [0.3, 0.4) is 0 Å². The molecule has 0 radical (unpaired) electrons. The van der Waals surface area contributed by atoms with Crippen molar-refractivity contribution in [2.75, 3.05) is 17.2 Å². The lowest BCUT2D eigenvalue weighted by Crippen LogP contribution is -2.33. The maximum Gasteiger partial charge on any atom is 0.261 e. The van der Waals surface area contributed by atoms with Gasteiger partial charge in [0.15, 0.2) is 0 Å². The van der Waals surface area contributed by atoms with E-state index in [9.17, 15) is 9.18 Å². The summed E-state index contributed by atoms with van der Waals surface area (Å²) in [5.41, 5.74) is 7.60. The van der Waals surface area contributed by atoms with Crippen molar-refractivity contribution in [1.29, 1.82) is 0 Å². The van der Waals surface area contributed by atoms with E-state index in [4.69, 9.17) is 5.73 Å². The summed E-state index contributed by atoms with van der Waals surface area (Å²) in [4.78, 5) is 14.2. The zero-order valence-electron chi connectivity index (χ0n) is 12.3. The van der Waals surface area contributed by atoms with E-state index in [-0.39, 0.29) is 11.5 Å². The van der Waals surface area contributed by atoms with Crippen LogP contribution in [0, 0.1) is 12.7 Å². The molecule has 0 atom stereocenters. The summed E-state index contributed by atoms with van der Waals surface area (Å²) < 4.78 is 14.2. The Morgan fingerprint density at radius 3 is 2.57 bits per heavy atom. The molecule has 0 spiro atoms. The van der Waals surface area contributed by atoms with Crippen molar-refractivity contribution in [1.82, 2.24) is 0 Å². The number of nitrogen functional groups attached to an aromatic ring is 1. The van der Waals surface area contributed by atoms with Gasteiger partial charge in [0.25, 0.3) is 5.91 Å². The number of halogens is 1. The summed E-state index contributed by atoms with van der Waals surface area (Å²) in [5, 5.41) is 0. The van der Waals surface area contributed by atoms with Crippen molar-refractivity contribution in [2.24, 2.45) is 0 Å². The molecule has 1 amide bonds. The number of carbonyl (C=O) groups excluding carboxylic acids is 1. The third-order valence-corrected chi connectivity index (χ3v) is 3.34. The number of carbonyl (C=O) groups is 1. The number of rotatable bonds is 4. The average Bonchev–Trinajstić information content (AvgIpc) is 2.48. The van der Waals surface area contributed by atoms with E-state index in [0.717, 1.165) is 6.42 Å². The second-order valence-corrected chi connectivity index (χ2v) is 4.95. The molecule has 0 fully saturated rings. The first-order valence-corrected chi connectivity index (χ1v) is 6.97. The van der Waals surface area contributed by atoms with E-state index in [0.29, 0.717) is 23.5 Å². The van der Waals surface area contributed by atoms with Crippen LogP contribution in [-0.4, -0.2) is 12.5 Å². The van der Waals surface area contributed by atoms with Crippen LogP contribution in [0.15, 0.2) is 42.5 Å². The van der Waals surface area contributed by atoms with Crippen LogP contribution >= 0.6 is 0 Å². The van der Waals surface area contributed by atoms with Crippen molar-refractivity contribution in [3.05, 3.63) is 59.4 Å². The summed E-state index contributed by atoms with van der Waals surface area (Å²) in [5.74, 6) is -0.839. The zero-order chi connectivity index (χ0) is 15.4. The van der Waals surface area contributed by atoms with E-state index in [1.807, 2.05) is 13.0 Å². The predicted octanol–water partition coefficient (Wildman–Crippen LogP) is 3.77. The van der Waals surface area contributed by atoms with E-state index in [1.54, 1.807) is 37.3 Å². The van der Waals surface area contributed by atoms with E-state index in [1.165, 1.54) is 11.0 Å². The monoisotopic (exact) mass is 286 g/mol. The van der Waals surface area contributed by atoms with Crippen LogP contribution < -0.4 is 10.6 Å². The lowest BCUT2D eigenvalue weighted by Gasteiger charge is -2.24. The van der Waals surface area contributed by atoms with Crippen LogP contribution in [0.4, 0.5) is 15.8 Å². The Morgan fingerprint density at radius 1 is 1.19 bits per heavy atom. The van der Waals surface area contributed by atoms with Gasteiger partial charge in [-0.15, -0.1) is 0 Å². The van der Waals surface area contributed by atoms with Gasteiger partial charge >= 0.3 is 0 Å². The molecule has 2 N–H and O–H groups in total. The minimum atomic E-state index is -0.474. The molecule has 0 aliphatic heterocycles. The second kappa shape index (κ2) is 6.39. The first-order chi connectivity index (χ1) is 10.1. The highest BCUT2D eigenvalue weighted by atomic mass is 19.1. The largest absolute Gasteiger partial charge is 0.397 e. The number of benzene rings is 2. The fraction of sp³-hybridized carbons (Fsp3) is 0.235. The standard InChI is InChI=1S/C17H19FN2O/c1-3-11-20(15-10-5-4-9-14(15)19)17(21)13-8-6-7-12(2)16(13)18/h4-10H,3,11,19H2,1-2H3. The average molecular weight is 286 g/mol. The van der Waals surface area contributed by atoms with Gasteiger partial charge in [-0.3, -0.25) is 4.79 Å². The minimum Gasteiger partial charge on any atom is -0.397 e. The van der Waals surface area contributed by atoms with Gasteiger partial charge in [0.05, 0.1) is 16.9 Å². The molecule has 0 bridgehead atoms. The molecule has 2 rings (SSSR count). The Balaban J connectivity index is 2.46. The van der Waals surface area contributed by atoms with Gasteiger partial charge in [0.1, 0.15) is 5.82 Å². The third-order valence-electron chi connectivity index (χ3n) is 3.34. The van der Waals surface area contributed by atoms with Gasteiger partial charge < -0.3 is 10.6 Å². The number of para-hydroxylation sites is 2. The first-order valence-electron chi connectivity index (χ1n) is 6.97. The van der Waals surface area contributed by atoms with Crippen molar-refractivity contribution in [2.45, 2.75) is 20.3 Å². The molecule has 2 aromatic rings. The molecule has 0 heterocycles. The molecule has 3 nitrogen and oxygen atoms in total. The van der Waals surface area contributed by atoms with Gasteiger partial charge in [0.2, 0.25) is 0 Å². The summed E-state index contributed by atoms with van der Waals surface area (Å²) >= 11 is 0. The summed E-state index contributed by atoms with van der Waals surface area (Å²) in [6.07, 6.45) is 0.757. The number of nitrogens with two attached hydrogens (primary N) is 1. The van der Waals surface area contributed by atoms with Gasteiger partial charge in [-0.25, -0.2) is 4.39 Å². The number of hydrogen-bond donors (Lipinski definition) is 1. The fourth-order valence-corrected chi connectivity index (χ4v) is 2.25. The molecule has 4 heteroatoms. The molecule has 0 aliphatic rings. The Bertz CT molecular complexity index is 655. The Kier molecular flexibility index (Phi) is 4.58. The van der Waals surface area contributed by atoms with Crippen molar-refractivity contribution >= 4 is 17.3 Å². The second-order valence-electron chi connectivity index (χ2n) is 4.95. The van der Waals surface area contributed by atoms with E-state index < -0.39 is 5.82 Å². The molecule has 0 unspecified atom stereocenters. The summed E-state index contributed by atoms with van der Waals surface area (Å²) in [6.45, 7) is 4.10. The highest BCUT2D eigenvalue weighted by Gasteiger charge is 2.22. The third kappa shape index (κ3) is 3.05. The smallest absolute Gasteiger partial charge is 0.261 e. The highest BCUT2D eigenvalue weighted by molar-refractivity contribution is 6.07. The topological polar surface area (TPSA) is 46.3 Å². The Morgan fingerprint density at radius 2 is 1.90 bits per heavy atom. The molecule has 0 aliphatic carbocycles. The minimum absolute atomic E-state index is 0.0757. The highest BCUT2D eigenvalue weighted by Crippen LogP contribution is 2.25. The zero-order valence-corrected chi connectivity index (χ0v) is 12.3. The quantitative estimate of drug-likeness (QED) is 0.870.